The third-order valence-electron chi connectivity index (χ3n) is 2.74. The van der Waals surface area contributed by atoms with Gasteiger partial charge >= 0.3 is 6.03 Å². The van der Waals surface area contributed by atoms with Gasteiger partial charge in [0.05, 0.1) is 11.4 Å². The van der Waals surface area contributed by atoms with E-state index in [-0.39, 0.29) is 6.03 Å². The van der Waals surface area contributed by atoms with Crippen LogP contribution >= 0.6 is 0 Å². The number of amides is 2. The number of para-hydroxylation sites is 1. The van der Waals surface area contributed by atoms with E-state index in [1.807, 2.05) is 49.4 Å². The first-order valence-electron chi connectivity index (χ1n) is 6.35. The summed E-state index contributed by atoms with van der Waals surface area (Å²) in [6.45, 7) is 1.84. The van der Waals surface area contributed by atoms with Gasteiger partial charge in [-0.15, -0.1) is 0 Å². The van der Waals surface area contributed by atoms with Crippen molar-refractivity contribution in [3.05, 3.63) is 66.9 Å². The first-order valence-corrected chi connectivity index (χ1v) is 6.35. The molecule has 0 unspecified atom stereocenters. The Morgan fingerprint density at radius 3 is 2.25 bits per heavy atom. The molecule has 0 heterocycles. The van der Waals surface area contributed by atoms with E-state index in [1.54, 1.807) is 29.3 Å². The molecule has 20 heavy (non-hydrogen) atoms. The second kappa shape index (κ2) is 6.43. The molecule has 0 saturated heterocycles. The van der Waals surface area contributed by atoms with E-state index in [4.69, 9.17) is 5.73 Å². The van der Waals surface area contributed by atoms with Gasteiger partial charge < -0.3 is 11.1 Å². The van der Waals surface area contributed by atoms with Gasteiger partial charge in [-0.2, -0.15) is 0 Å². The molecule has 2 amide bonds. The number of rotatable bonds is 3. The van der Waals surface area contributed by atoms with Crippen LogP contribution in [-0.2, 0) is 0 Å². The fourth-order valence-electron chi connectivity index (χ4n) is 1.80. The lowest BCUT2D eigenvalue weighted by Gasteiger charge is -2.22. The van der Waals surface area contributed by atoms with Gasteiger partial charge in [-0.3, -0.25) is 4.90 Å². The molecule has 2 rings (SSSR count). The fraction of sp³-hybridized carbons (Fsp3) is 0.0625. The molecule has 2 aromatic rings. The molecule has 4 nitrogen and oxygen atoms in total. The summed E-state index contributed by atoms with van der Waals surface area (Å²) in [5.41, 5.74) is 7.90. The lowest BCUT2D eigenvalue weighted by Crippen LogP contribution is -2.33. The van der Waals surface area contributed by atoms with Crippen molar-refractivity contribution in [2.24, 2.45) is 0 Å². The third kappa shape index (κ3) is 3.17. The molecule has 0 aliphatic heterocycles. The first-order chi connectivity index (χ1) is 9.72. The molecular weight excluding hydrogens is 250 g/mol. The summed E-state index contributed by atoms with van der Waals surface area (Å²) in [5.74, 6) is 0. The van der Waals surface area contributed by atoms with Gasteiger partial charge in [0.25, 0.3) is 0 Å². The number of nitrogen functional groups attached to an aromatic ring is 1. The van der Waals surface area contributed by atoms with Gasteiger partial charge in [-0.25, -0.2) is 4.79 Å². The van der Waals surface area contributed by atoms with Crippen molar-refractivity contribution in [2.45, 2.75) is 6.92 Å². The number of anilines is 3. The van der Waals surface area contributed by atoms with Crippen LogP contribution in [0.1, 0.15) is 6.92 Å². The van der Waals surface area contributed by atoms with Gasteiger partial charge in [-0.1, -0.05) is 24.3 Å². The van der Waals surface area contributed by atoms with E-state index >= 15 is 0 Å². The number of carbonyl (C=O) groups excluding carboxylic acids is 1. The molecule has 0 aromatic heterocycles. The van der Waals surface area contributed by atoms with Crippen LogP contribution < -0.4 is 16.0 Å². The van der Waals surface area contributed by atoms with Crippen molar-refractivity contribution < 1.29 is 4.79 Å². The van der Waals surface area contributed by atoms with Gasteiger partial charge in [-0.05, 0) is 43.3 Å². The molecule has 2 aromatic carbocycles. The Morgan fingerprint density at radius 1 is 1.05 bits per heavy atom. The summed E-state index contributed by atoms with van der Waals surface area (Å²) in [4.78, 5) is 13.9. The van der Waals surface area contributed by atoms with E-state index in [0.717, 1.165) is 11.4 Å². The van der Waals surface area contributed by atoms with Crippen molar-refractivity contribution in [2.75, 3.05) is 10.6 Å². The van der Waals surface area contributed by atoms with Crippen molar-refractivity contribution in [1.82, 2.24) is 5.32 Å². The Kier molecular flexibility index (Phi) is 4.39. The van der Waals surface area contributed by atoms with Crippen LogP contribution in [0.3, 0.4) is 0 Å². The van der Waals surface area contributed by atoms with Crippen molar-refractivity contribution >= 4 is 23.1 Å². The number of carbonyl (C=O) groups is 1. The average Bonchev–Trinajstić information content (AvgIpc) is 2.48. The summed E-state index contributed by atoms with van der Waals surface area (Å²) in [5, 5.41) is 2.72. The molecule has 0 spiro atoms. The normalized spacial score (nSPS) is 10.4. The lowest BCUT2D eigenvalue weighted by atomic mass is 10.2. The van der Waals surface area contributed by atoms with Crippen LogP contribution in [0.5, 0.6) is 0 Å². The number of nitrogens with one attached hydrogen (secondary N) is 1. The number of allylic oxidation sites excluding steroid dienone is 1. The van der Waals surface area contributed by atoms with Crippen molar-refractivity contribution in [3.8, 4) is 0 Å². The summed E-state index contributed by atoms with van der Waals surface area (Å²) >= 11 is 0. The Balaban J connectivity index is 2.38. The standard InChI is InChI=1S/C16H17N3O/c1-2-12-18-16(20)19(14-6-4-3-5-7-14)15-10-8-13(17)9-11-15/h2-12H,17H2,1H3,(H,18,20)/b12-2+. The van der Waals surface area contributed by atoms with Crippen LogP contribution in [0.25, 0.3) is 0 Å². The second-order valence-electron chi connectivity index (χ2n) is 4.21. The smallest absolute Gasteiger partial charge is 0.330 e. The Labute approximate surface area is 118 Å². The number of hydrogen-bond donors (Lipinski definition) is 2. The molecule has 0 aliphatic rings. The summed E-state index contributed by atoms with van der Waals surface area (Å²) in [7, 11) is 0. The zero-order valence-electron chi connectivity index (χ0n) is 11.3. The van der Waals surface area contributed by atoms with Crippen molar-refractivity contribution in [3.63, 3.8) is 0 Å². The summed E-state index contributed by atoms with van der Waals surface area (Å²) in [6.07, 6.45) is 3.37. The minimum absolute atomic E-state index is 0.223. The van der Waals surface area contributed by atoms with Gasteiger partial charge in [0.15, 0.2) is 0 Å². The molecule has 102 valence electrons. The topological polar surface area (TPSA) is 58.4 Å². The summed E-state index contributed by atoms with van der Waals surface area (Å²) < 4.78 is 0. The van der Waals surface area contributed by atoms with E-state index in [2.05, 4.69) is 5.32 Å². The van der Waals surface area contributed by atoms with E-state index in [9.17, 15) is 4.79 Å². The third-order valence-corrected chi connectivity index (χ3v) is 2.74. The highest BCUT2D eigenvalue weighted by Gasteiger charge is 2.16. The summed E-state index contributed by atoms with van der Waals surface area (Å²) in [6, 6.07) is 16.4. The van der Waals surface area contributed by atoms with Crippen LogP contribution in [-0.4, -0.2) is 6.03 Å². The largest absolute Gasteiger partial charge is 0.399 e. The maximum absolute atomic E-state index is 12.3. The van der Waals surface area contributed by atoms with Gasteiger partial charge in [0, 0.05) is 11.9 Å². The molecule has 0 fully saturated rings. The molecule has 0 saturated carbocycles. The molecular formula is C16H17N3O. The zero-order chi connectivity index (χ0) is 14.4. The number of nitrogens with two attached hydrogens (primary N) is 1. The van der Waals surface area contributed by atoms with Crippen LogP contribution in [0, 0.1) is 0 Å². The predicted molar refractivity (Wildman–Crippen MR) is 82.8 cm³/mol. The number of urea groups is 1. The number of hydrogen-bond acceptors (Lipinski definition) is 2. The van der Waals surface area contributed by atoms with E-state index < -0.39 is 0 Å². The molecule has 3 N–H and O–H groups in total. The van der Waals surface area contributed by atoms with Crippen LogP contribution in [0.4, 0.5) is 21.9 Å². The quantitative estimate of drug-likeness (QED) is 0.834. The number of benzene rings is 2. The monoisotopic (exact) mass is 267 g/mol. The van der Waals surface area contributed by atoms with Gasteiger partial charge in [0.1, 0.15) is 0 Å². The molecule has 0 aliphatic carbocycles. The number of nitrogens with zero attached hydrogens (tertiary/aromatic N) is 1. The zero-order valence-corrected chi connectivity index (χ0v) is 11.3. The maximum atomic E-state index is 12.3. The SMILES string of the molecule is C/C=C/NC(=O)N(c1ccccc1)c1ccc(N)cc1. The Bertz CT molecular complexity index is 591. The Morgan fingerprint density at radius 2 is 1.65 bits per heavy atom. The molecule has 0 bridgehead atoms. The van der Waals surface area contributed by atoms with Crippen LogP contribution in [0.15, 0.2) is 66.9 Å². The molecule has 0 radical (unpaired) electrons. The van der Waals surface area contributed by atoms with E-state index in [1.165, 1.54) is 0 Å². The Hall–Kier alpha value is -2.75. The maximum Gasteiger partial charge on any atom is 0.330 e. The minimum Gasteiger partial charge on any atom is -0.399 e. The van der Waals surface area contributed by atoms with Crippen LogP contribution in [0.2, 0.25) is 0 Å². The predicted octanol–water partition coefficient (Wildman–Crippen LogP) is 3.65. The second-order valence-corrected chi connectivity index (χ2v) is 4.21. The first kappa shape index (κ1) is 13.7. The highest BCUT2D eigenvalue weighted by Crippen LogP contribution is 2.25. The molecule has 4 heteroatoms. The minimum atomic E-state index is -0.223. The van der Waals surface area contributed by atoms with Gasteiger partial charge in [0.2, 0.25) is 0 Å². The highest BCUT2D eigenvalue weighted by molar-refractivity contribution is 5.99. The van der Waals surface area contributed by atoms with Crippen molar-refractivity contribution in [1.29, 1.82) is 0 Å². The molecule has 0 atom stereocenters. The average molecular weight is 267 g/mol. The highest BCUT2D eigenvalue weighted by atomic mass is 16.2. The van der Waals surface area contributed by atoms with E-state index in [0.29, 0.717) is 5.69 Å². The fourth-order valence-corrected chi connectivity index (χ4v) is 1.80. The lowest BCUT2D eigenvalue weighted by molar-refractivity contribution is 0.251.